The number of hydrogen-bond donors (Lipinski definition) is 1. The number of ether oxygens (including phenoxy) is 1. The van der Waals surface area contributed by atoms with Crippen LogP contribution < -0.4 is 10.1 Å². The maximum absolute atomic E-state index is 5.77. The van der Waals surface area contributed by atoms with Crippen LogP contribution in [0.2, 0.25) is 0 Å². The molecule has 18 heavy (non-hydrogen) atoms. The number of nitrogens with zero attached hydrogens (tertiary/aromatic N) is 1. The van der Waals surface area contributed by atoms with Crippen molar-refractivity contribution >= 4 is 0 Å². The van der Waals surface area contributed by atoms with Crippen molar-refractivity contribution in [2.24, 2.45) is 0 Å². The molecule has 0 aliphatic heterocycles. The second-order valence-electron chi connectivity index (χ2n) is 5.46. The normalized spacial score (nSPS) is 11.3. The average Bonchev–Trinajstić information content (AvgIpc) is 2.27. The summed E-state index contributed by atoms with van der Waals surface area (Å²) in [5.41, 5.74) is 2.16. The molecule has 0 amide bonds. The molecule has 3 heteroatoms. The van der Waals surface area contributed by atoms with Crippen LogP contribution >= 0.6 is 0 Å². The van der Waals surface area contributed by atoms with Crippen LogP contribution in [0.15, 0.2) is 24.9 Å². The molecule has 1 N–H and O–H groups in total. The summed E-state index contributed by atoms with van der Waals surface area (Å²) in [6.07, 6.45) is 4.60. The van der Waals surface area contributed by atoms with Crippen molar-refractivity contribution in [1.29, 1.82) is 0 Å². The van der Waals surface area contributed by atoms with Gasteiger partial charge in [0.2, 0.25) is 0 Å². The molecule has 0 unspecified atom stereocenters. The fourth-order valence-corrected chi connectivity index (χ4v) is 1.44. The van der Waals surface area contributed by atoms with Gasteiger partial charge in [-0.25, -0.2) is 0 Å². The Balaban J connectivity index is 2.72. The van der Waals surface area contributed by atoms with Gasteiger partial charge in [0.1, 0.15) is 5.75 Å². The van der Waals surface area contributed by atoms with E-state index in [1.54, 1.807) is 0 Å². The Labute approximate surface area is 110 Å². The fourth-order valence-electron chi connectivity index (χ4n) is 1.44. The highest BCUT2D eigenvalue weighted by Crippen LogP contribution is 2.19. The Bertz CT molecular complexity index is 394. The lowest BCUT2D eigenvalue weighted by molar-refractivity contribution is 0.317. The van der Waals surface area contributed by atoms with Crippen LogP contribution in [-0.4, -0.2) is 17.1 Å². The first kappa shape index (κ1) is 14.7. The van der Waals surface area contributed by atoms with Crippen molar-refractivity contribution in [2.45, 2.75) is 46.2 Å². The number of pyridine rings is 1. The predicted molar refractivity (Wildman–Crippen MR) is 75.9 cm³/mol. The predicted octanol–water partition coefficient (Wildman–Crippen LogP) is 3.23. The topological polar surface area (TPSA) is 34.1 Å². The van der Waals surface area contributed by atoms with E-state index in [1.165, 1.54) is 0 Å². The number of aryl methyl sites for hydroxylation is 1. The molecule has 0 saturated carbocycles. The molecule has 0 aromatic carbocycles. The number of nitrogens with one attached hydrogen (secondary N) is 1. The van der Waals surface area contributed by atoms with Crippen LogP contribution in [0, 0.1) is 6.92 Å². The lowest BCUT2D eigenvalue weighted by atomic mass is 10.1. The molecular formula is C15H24N2O. The summed E-state index contributed by atoms with van der Waals surface area (Å²) < 4.78 is 5.77. The monoisotopic (exact) mass is 248 g/mol. The van der Waals surface area contributed by atoms with Gasteiger partial charge in [-0.05, 0) is 34.1 Å². The molecule has 0 aliphatic rings. The Hall–Kier alpha value is -1.35. The molecule has 0 fully saturated rings. The van der Waals surface area contributed by atoms with Gasteiger partial charge in [0.15, 0.2) is 0 Å². The van der Waals surface area contributed by atoms with E-state index < -0.39 is 0 Å². The molecule has 0 saturated heterocycles. The van der Waals surface area contributed by atoms with Gasteiger partial charge in [-0.15, -0.1) is 6.58 Å². The third-order valence-electron chi connectivity index (χ3n) is 2.47. The first-order chi connectivity index (χ1) is 8.42. The Kier molecular flexibility index (Phi) is 5.35. The summed E-state index contributed by atoms with van der Waals surface area (Å²) in [6.45, 7) is 13.5. The molecule has 0 aliphatic carbocycles. The van der Waals surface area contributed by atoms with Crippen molar-refractivity contribution in [3.63, 3.8) is 0 Å². The van der Waals surface area contributed by atoms with Crippen LogP contribution in [0.1, 0.15) is 38.4 Å². The summed E-state index contributed by atoms with van der Waals surface area (Å²) in [7, 11) is 0. The number of hydrogen-bond acceptors (Lipinski definition) is 3. The maximum atomic E-state index is 5.77. The molecule has 0 spiro atoms. The Morgan fingerprint density at radius 3 is 2.78 bits per heavy atom. The molecule has 1 aromatic rings. The quantitative estimate of drug-likeness (QED) is 0.620. The lowest BCUT2D eigenvalue weighted by Gasteiger charge is -2.21. The summed E-state index contributed by atoms with van der Waals surface area (Å²) in [5.74, 6) is 0.918. The summed E-state index contributed by atoms with van der Waals surface area (Å²) in [6, 6.07) is 1.99. The van der Waals surface area contributed by atoms with E-state index in [-0.39, 0.29) is 5.54 Å². The van der Waals surface area contributed by atoms with E-state index in [1.807, 2.05) is 25.3 Å². The van der Waals surface area contributed by atoms with Crippen LogP contribution in [0.5, 0.6) is 5.75 Å². The van der Waals surface area contributed by atoms with Crippen LogP contribution in [0.4, 0.5) is 0 Å². The second-order valence-corrected chi connectivity index (χ2v) is 5.46. The molecule has 1 rings (SSSR count). The van der Waals surface area contributed by atoms with Crippen molar-refractivity contribution in [3.05, 3.63) is 36.2 Å². The number of rotatable bonds is 6. The van der Waals surface area contributed by atoms with E-state index in [0.717, 1.165) is 30.0 Å². The third kappa shape index (κ3) is 5.32. The lowest BCUT2D eigenvalue weighted by Crippen LogP contribution is -2.35. The highest BCUT2D eigenvalue weighted by Gasteiger charge is 2.11. The van der Waals surface area contributed by atoms with Gasteiger partial charge in [0.05, 0.1) is 6.61 Å². The Morgan fingerprint density at radius 1 is 1.44 bits per heavy atom. The smallest absolute Gasteiger partial charge is 0.127 e. The van der Waals surface area contributed by atoms with E-state index in [9.17, 15) is 0 Å². The zero-order valence-electron chi connectivity index (χ0n) is 11.9. The highest BCUT2D eigenvalue weighted by molar-refractivity contribution is 5.32. The van der Waals surface area contributed by atoms with Gasteiger partial charge in [0.25, 0.3) is 0 Å². The van der Waals surface area contributed by atoms with E-state index in [0.29, 0.717) is 6.61 Å². The molecule has 1 heterocycles. The van der Waals surface area contributed by atoms with Crippen LogP contribution in [0.3, 0.4) is 0 Å². The first-order valence-corrected chi connectivity index (χ1v) is 6.36. The fraction of sp³-hybridized carbons (Fsp3) is 0.533. The zero-order chi connectivity index (χ0) is 13.6. The van der Waals surface area contributed by atoms with Crippen molar-refractivity contribution in [2.75, 3.05) is 6.61 Å². The number of aromatic nitrogens is 1. The van der Waals surface area contributed by atoms with Gasteiger partial charge < -0.3 is 10.1 Å². The largest absolute Gasteiger partial charge is 0.493 e. The van der Waals surface area contributed by atoms with Crippen molar-refractivity contribution in [3.8, 4) is 5.75 Å². The van der Waals surface area contributed by atoms with Gasteiger partial charge in [0, 0.05) is 35.6 Å². The van der Waals surface area contributed by atoms with Gasteiger partial charge in [-0.2, -0.15) is 0 Å². The summed E-state index contributed by atoms with van der Waals surface area (Å²) in [4.78, 5) is 4.33. The standard InChI is InChI=1S/C15H24N2O/c1-6-7-8-18-14-9-12(2)16-10-13(14)11-17-15(3,4)5/h6,9-10,17H,1,7-8,11H2,2-5H3. The molecule has 0 radical (unpaired) electrons. The zero-order valence-corrected chi connectivity index (χ0v) is 11.9. The van der Waals surface area contributed by atoms with Crippen LogP contribution in [-0.2, 0) is 6.54 Å². The minimum atomic E-state index is 0.0866. The Morgan fingerprint density at radius 2 is 2.17 bits per heavy atom. The molecule has 1 aromatic heterocycles. The summed E-state index contributed by atoms with van der Waals surface area (Å²) in [5, 5.41) is 3.45. The van der Waals surface area contributed by atoms with Gasteiger partial charge in [-0.1, -0.05) is 6.08 Å². The minimum Gasteiger partial charge on any atom is -0.493 e. The summed E-state index contributed by atoms with van der Waals surface area (Å²) >= 11 is 0. The average molecular weight is 248 g/mol. The third-order valence-corrected chi connectivity index (χ3v) is 2.47. The molecule has 0 bridgehead atoms. The molecule has 3 nitrogen and oxygen atoms in total. The molecular weight excluding hydrogens is 224 g/mol. The minimum absolute atomic E-state index is 0.0866. The van der Waals surface area contributed by atoms with Crippen molar-refractivity contribution < 1.29 is 4.74 Å². The van der Waals surface area contributed by atoms with Crippen molar-refractivity contribution in [1.82, 2.24) is 10.3 Å². The van der Waals surface area contributed by atoms with E-state index in [4.69, 9.17) is 4.74 Å². The molecule has 100 valence electrons. The SMILES string of the molecule is C=CCCOc1cc(C)ncc1CNC(C)(C)C. The highest BCUT2D eigenvalue weighted by atomic mass is 16.5. The van der Waals surface area contributed by atoms with Gasteiger partial charge >= 0.3 is 0 Å². The maximum Gasteiger partial charge on any atom is 0.127 e. The molecule has 0 atom stereocenters. The second kappa shape index (κ2) is 6.55. The van der Waals surface area contributed by atoms with E-state index >= 15 is 0 Å². The van der Waals surface area contributed by atoms with E-state index in [2.05, 4.69) is 37.7 Å². The van der Waals surface area contributed by atoms with Gasteiger partial charge in [-0.3, -0.25) is 4.98 Å². The first-order valence-electron chi connectivity index (χ1n) is 6.36. The van der Waals surface area contributed by atoms with Crippen LogP contribution in [0.25, 0.3) is 0 Å².